The van der Waals surface area contributed by atoms with Crippen LogP contribution in [0.3, 0.4) is 0 Å². The van der Waals surface area contributed by atoms with E-state index in [1.165, 1.54) is 0 Å². The maximum atomic E-state index is 5.72. The number of nitrogens with zero attached hydrogens (tertiary/aromatic N) is 2. The third-order valence-corrected chi connectivity index (χ3v) is 5.98. The van der Waals surface area contributed by atoms with Crippen LogP contribution in [0.5, 0.6) is 28.7 Å². The van der Waals surface area contributed by atoms with Crippen LogP contribution < -0.4 is 28.7 Å². The van der Waals surface area contributed by atoms with Crippen molar-refractivity contribution < 1.29 is 23.7 Å². The summed E-state index contributed by atoms with van der Waals surface area (Å²) in [6.07, 6.45) is 4.63. The number of methoxy groups -OCH3 is 5. The van der Waals surface area contributed by atoms with Gasteiger partial charge >= 0.3 is 0 Å². The normalized spacial score (nSPS) is 15.2. The Hall–Kier alpha value is -4.13. The summed E-state index contributed by atoms with van der Waals surface area (Å²) in [4.78, 5) is 0. The van der Waals surface area contributed by atoms with Crippen molar-refractivity contribution in [1.29, 1.82) is 0 Å². The highest BCUT2D eigenvalue weighted by Crippen LogP contribution is 2.44. The van der Waals surface area contributed by atoms with E-state index in [0.717, 1.165) is 51.3 Å². The second-order valence-electron chi connectivity index (χ2n) is 7.84. The molecule has 0 spiro atoms. The minimum Gasteiger partial charge on any atom is -0.497 e. The highest BCUT2D eigenvalue weighted by Gasteiger charge is 2.33. The summed E-state index contributed by atoms with van der Waals surface area (Å²) in [5, 5.41) is 6.98. The molecule has 0 aliphatic carbocycles. The van der Waals surface area contributed by atoms with Gasteiger partial charge in [0.15, 0.2) is 0 Å². The van der Waals surface area contributed by atoms with E-state index in [2.05, 4.69) is 0 Å². The van der Waals surface area contributed by atoms with Gasteiger partial charge in [0, 0.05) is 6.42 Å². The molecule has 3 aromatic rings. The lowest BCUT2D eigenvalue weighted by Crippen LogP contribution is -2.20. The minimum atomic E-state index is -0.131. The first kappa shape index (κ1) is 24.0. The lowest BCUT2D eigenvalue weighted by Gasteiger charge is -2.26. The van der Waals surface area contributed by atoms with Gasteiger partial charge in [-0.3, -0.25) is 5.01 Å². The molecule has 182 valence electrons. The molecule has 1 aliphatic heterocycles. The molecule has 1 heterocycles. The quantitative estimate of drug-likeness (QED) is 0.394. The van der Waals surface area contributed by atoms with Crippen LogP contribution in [0.25, 0.3) is 6.08 Å². The molecule has 7 heteroatoms. The van der Waals surface area contributed by atoms with Crippen LogP contribution in [-0.4, -0.2) is 41.3 Å². The van der Waals surface area contributed by atoms with Crippen molar-refractivity contribution in [3.63, 3.8) is 0 Å². The van der Waals surface area contributed by atoms with E-state index in [-0.39, 0.29) is 6.04 Å². The summed E-state index contributed by atoms with van der Waals surface area (Å²) in [5.74, 6) is 3.74. The largest absolute Gasteiger partial charge is 0.497 e. The zero-order valence-corrected chi connectivity index (χ0v) is 20.6. The van der Waals surface area contributed by atoms with Crippen molar-refractivity contribution >= 4 is 17.5 Å². The van der Waals surface area contributed by atoms with E-state index in [9.17, 15) is 0 Å². The van der Waals surface area contributed by atoms with E-state index >= 15 is 0 Å². The summed E-state index contributed by atoms with van der Waals surface area (Å²) in [5.41, 5.74) is 3.62. The Morgan fingerprint density at radius 2 is 1.23 bits per heavy atom. The zero-order valence-electron chi connectivity index (χ0n) is 20.6. The molecule has 0 saturated heterocycles. The SMILES string of the molecule is COc1ccc(N2N=C(C=Cc3c(OC)cccc3OC)CC2c2c(OC)cccc2OC)cc1. The number of allylic oxidation sites excluding steroid dienone is 1. The third-order valence-electron chi connectivity index (χ3n) is 5.98. The minimum absolute atomic E-state index is 0.131. The van der Waals surface area contributed by atoms with Crippen LogP contribution >= 0.6 is 0 Å². The number of rotatable bonds is 9. The molecule has 0 N–H and O–H groups in total. The Morgan fingerprint density at radius 3 is 1.74 bits per heavy atom. The van der Waals surface area contributed by atoms with E-state index < -0.39 is 0 Å². The van der Waals surface area contributed by atoms with Gasteiger partial charge in [-0.25, -0.2) is 0 Å². The summed E-state index contributed by atoms with van der Waals surface area (Å²) < 4.78 is 27.9. The number of anilines is 1. The maximum absolute atomic E-state index is 5.72. The van der Waals surface area contributed by atoms with Crippen molar-refractivity contribution in [3.05, 3.63) is 77.9 Å². The van der Waals surface area contributed by atoms with E-state index in [0.29, 0.717) is 6.42 Å². The molecule has 35 heavy (non-hydrogen) atoms. The van der Waals surface area contributed by atoms with Gasteiger partial charge < -0.3 is 23.7 Å². The Morgan fingerprint density at radius 1 is 0.686 bits per heavy atom. The molecule has 0 amide bonds. The van der Waals surface area contributed by atoms with Crippen molar-refractivity contribution in [2.24, 2.45) is 5.10 Å². The van der Waals surface area contributed by atoms with Gasteiger partial charge in [0.25, 0.3) is 0 Å². The number of hydrogen-bond donors (Lipinski definition) is 0. The lowest BCUT2D eigenvalue weighted by atomic mass is 9.98. The molecule has 4 rings (SSSR count). The van der Waals surface area contributed by atoms with E-state index in [4.69, 9.17) is 28.8 Å². The summed E-state index contributed by atoms with van der Waals surface area (Å²) >= 11 is 0. The molecule has 0 fully saturated rings. The topological polar surface area (TPSA) is 61.8 Å². The third kappa shape index (κ3) is 4.89. The highest BCUT2D eigenvalue weighted by atomic mass is 16.5. The van der Waals surface area contributed by atoms with Gasteiger partial charge in [-0.2, -0.15) is 5.10 Å². The van der Waals surface area contributed by atoms with Gasteiger partial charge in [-0.15, -0.1) is 0 Å². The van der Waals surface area contributed by atoms with Crippen LogP contribution in [0.15, 0.2) is 71.8 Å². The molecule has 0 saturated carbocycles. The Kier molecular flexibility index (Phi) is 7.45. The van der Waals surface area contributed by atoms with E-state index in [1.54, 1.807) is 35.5 Å². The maximum Gasteiger partial charge on any atom is 0.129 e. The van der Waals surface area contributed by atoms with Gasteiger partial charge in [-0.1, -0.05) is 12.1 Å². The summed E-state index contributed by atoms with van der Waals surface area (Å²) in [7, 11) is 8.28. The molecule has 1 atom stereocenters. The van der Waals surface area contributed by atoms with Gasteiger partial charge in [0.2, 0.25) is 0 Å². The Bertz CT molecular complexity index is 1180. The molecule has 7 nitrogen and oxygen atoms in total. The Labute approximate surface area is 206 Å². The molecule has 1 unspecified atom stereocenters. The Balaban J connectivity index is 1.77. The fourth-order valence-electron chi connectivity index (χ4n) is 4.26. The average Bonchev–Trinajstić information content (AvgIpc) is 3.34. The standard InChI is InChI=1S/C28H30N2O5/c1-31-21-15-13-20(14-16-21)30-23(28-26(34-4)10-7-11-27(28)35-5)18-19(29-30)12-17-22-24(32-2)8-6-9-25(22)33-3/h6-17,23H,18H2,1-5H3. The first-order valence-electron chi connectivity index (χ1n) is 11.2. The zero-order chi connectivity index (χ0) is 24.8. The van der Waals surface area contributed by atoms with Gasteiger partial charge in [0.05, 0.1) is 64.1 Å². The molecule has 0 aromatic heterocycles. The molecular weight excluding hydrogens is 444 g/mol. The van der Waals surface area contributed by atoms with Crippen molar-refractivity contribution in [1.82, 2.24) is 0 Å². The van der Waals surface area contributed by atoms with Gasteiger partial charge in [0.1, 0.15) is 28.7 Å². The number of benzene rings is 3. The number of hydrogen-bond acceptors (Lipinski definition) is 7. The molecular formula is C28H30N2O5. The van der Waals surface area contributed by atoms with Crippen molar-refractivity contribution in [3.8, 4) is 28.7 Å². The number of ether oxygens (including phenoxy) is 5. The summed E-state index contributed by atoms with van der Waals surface area (Å²) in [6, 6.07) is 19.2. The van der Waals surface area contributed by atoms with Crippen LogP contribution in [0, 0.1) is 0 Å². The molecule has 1 aliphatic rings. The summed E-state index contributed by atoms with van der Waals surface area (Å²) in [6.45, 7) is 0. The smallest absolute Gasteiger partial charge is 0.129 e. The predicted molar refractivity (Wildman–Crippen MR) is 138 cm³/mol. The molecule has 0 bridgehead atoms. The highest BCUT2D eigenvalue weighted by molar-refractivity contribution is 6.01. The van der Waals surface area contributed by atoms with Crippen LogP contribution in [0.4, 0.5) is 5.69 Å². The fraction of sp³-hybridized carbons (Fsp3) is 0.250. The van der Waals surface area contributed by atoms with E-state index in [1.807, 2.05) is 77.8 Å². The monoisotopic (exact) mass is 474 g/mol. The molecule has 3 aromatic carbocycles. The van der Waals surface area contributed by atoms with Gasteiger partial charge in [-0.05, 0) is 60.7 Å². The second kappa shape index (κ2) is 10.9. The average molecular weight is 475 g/mol. The fourth-order valence-corrected chi connectivity index (χ4v) is 4.26. The van der Waals surface area contributed by atoms with Crippen LogP contribution in [-0.2, 0) is 0 Å². The predicted octanol–water partition coefficient (Wildman–Crippen LogP) is 5.75. The first-order chi connectivity index (χ1) is 17.1. The first-order valence-corrected chi connectivity index (χ1v) is 11.2. The number of hydrazone groups is 1. The van der Waals surface area contributed by atoms with Crippen LogP contribution in [0.1, 0.15) is 23.6 Å². The molecule has 0 radical (unpaired) electrons. The second-order valence-corrected chi connectivity index (χ2v) is 7.84. The van der Waals surface area contributed by atoms with Crippen molar-refractivity contribution in [2.75, 3.05) is 40.6 Å². The van der Waals surface area contributed by atoms with Crippen molar-refractivity contribution in [2.45, 2.75) is 12.5 Å². The van der Waals surface area contributed by atoms with Crippen LogP contribution in [0.2, 0.25) is 0 Å². The lowest BCUT2D eigenvalue weighted by molar-refractivity contribution is 0.379.